The fourth-order valence-electron chi connectivity index (χ4n) is 1.07. The minimum absolute atomic E-state index is 0.288. The number of carbonyl (C=O) groups is 1. The molecule has 0 aromatic carbocycles. The van der Waals surface area contributed by atoms with Gasteiger partial charge in [0, 0.05) is 12.1 Å². The first-order valence-electron chi connectivity index (χ1n) is 3.43. The van der Waals surface area contributed by atoms with Gasteiger partial charge in [-0.2, -0.15) is 0 Å². The van der Waals surface area contributed by atoms with E-state index in [0.29, 0.717) is 0 Å². The Bertz CT molecular complexity index is 148. The molecule has 1 rings (SSSR count). The topological polar surface area (TPSA) is 49.3 Å². The maximum atomic E-state index is 10.0. The zero-order valence-electron chi connectivity index (χ0n) is 5.71. The van der Waals surface area contributed by atoms with E-state index in [1.54, 1.807) is 6.08 Å². The number of rotatable bonds is 2. The Morgan fingerprint density at radius 1 is 1.70 bits per heavy atom. The van der Waals surface area contributed by atoms with Crippen LogP contribution in [0.25, 0.3) is 0 Å². The molecule has 0 spiro atoms. The quantitative estimate of drug-likeness (QED) is 0.546. The van der Waals surface area contributed by atoms with Crippen LogP contribution in [-0.4, -0.2) is 23.7 Å². The SMILES string of the molecule is O=C(O)/C=C/[C@@H]1CCCN1. The van der Waals surface area contributed by atoms with Gasteiger partial charge in [-0.1, -0.05) is 6.08 Å². The lowest BCUT2D eigenvalue weighted by molar-refractivity contribution is -0.131. The molecule has 1 aliphatic rings. The average molecular weight is 141 g/mol. The largest absolute Gasteiger partial charge is 0.478 e. The highest BCUT2D eigenvalue weighted by atomic mass is 16.4. The minimum atomic E-state index is -0.867. The van der Waals surface area contributed by atoms with Crippen molar-refractivity contribution in [2.75, 3.05) is 6.54 Å². The number of hydrogen-bond acceptors (Lipinski definition) is 2. The van der Waals surface area contributed by atoms with Crippen molar-refractivity contribution in [3.63, 3.8) is 0 Å². The fraction of sp³-hybridized carbons (Fsp3) is 0.571. The van der Waals surface area contributed by atoms with Crippen molar-refractivity contribution in [1.29, 1.82) is 0 Å². The Hall–Kier alpha value is -0.830. The zero-order valence-corrected chi connectivity index (χ0v) is 5.71. The standard InChI is InChI=1S/C7H11NO2/c9-7(10)4-3-6-2-1-5-8-6/h3-4,6,8H,1-2,5H2,(H,9,10)/b4-3+/t6-/m0/s1. The minimum Gasteiger partial charge on any atom is -0.478 e. The number of carboxylic acids is 1. The predicted molar refractivity (Wildman–Crippen MR) is 37.8 cm³/mol. The number of nitrogens with one attached hydrogen (secondary N) is 1. The summed E-state index contributed by atoms with van der Waals surface area (Å²) in [6.07, 6.45) is 5.11. The van der Waals surface area contributed by atoms with E-state index in [9.17, 15) is 4.79 Å². The first-order valence-corrected chi connectivity index (χ1v) is 3.43. The molecule has 1 saturated heterocycles. The van der Waals surface area contributed by atoms with E-state index in [1.165, 1.54) is 6.08 Å². The van der Waals surface area contributed by atoms with Crippen LogP contribution in [-0.2, 0) is 4.79 Å². The van der Waals surface area contributed by atoms with Gasteiger partial charge in [0.25, 0.3) is 0 Å². The lowest BCUT2D eigenvalue weighted by atomic mass is 10.2. The third kappa shape index (κ3) is 2.19. The van der Waals surface area contributed by atoms with E-state index in [2.05, 4.69) is 5.32 Å². The highest BCUT2D eigenvalue weighted by molar-refractivity contribution is 5.79. The van der Waals surface area contributed by atoms with Gasteiger partial charge in [-0.15, -0.1) is 0 Å². The summed E-state index contributed by atoms with van der Waals surface area (Å²) in [6, 6.07) is 0.288. The summed E-state index contributed by atoms with van der Waals surface area (Å²) in [5, 5.41) is 11.4. The third-order valence-electron chi connectivity index (χ3n) is 1.57. The van der Waals surface area contributed by atoms with Crippen molar-refractivity contribution in [3.05, 3.63) is 12.2 Å². The van der Waals surface area contributed by atoms with Crippen LogP contribution in [0.15, 0.2) is 12.2 Å². The van der Waals surface area contributed by atoms with Gasteiger partial charge >= 0.3 is 5.97 Å². The Morgan fingerprint density at radius 2 is 2.50 bits per heavy atom. The Kier molecular flexibility index (Phi) is 2.45. The van der Waals surface area contributed by atoms with Crippen molar-refractivity contribution in [3.8, 4) is 0 Å². The summed E-state index contributed by atoms with van der Waals surface area (Å²) in [4.78, 5) is 10.0. The molecule has 0 radical (unpaired) electrons. The molecule has 0 saturated carbocycles. The van der Waals surface area contributed by atoms with Crippen LogP contribution >= 0.6 is 0 Å². The average Bonchev–Trinajstić information content (AvgIpc) is 2.34. The van der Waals surface area contributed by atoms with Gasteiger partial charge in [-0.3, -0.25) is 0 Å². The van der Waals surface area contributed by atoms with Crippen LogP contribution in [0.3, 0.4) is 0 Å². The van der Waals surface area contributed by atoms with Gasteiger partial charge in [0.1, 0.15) is 0 Å². The van der Waals surface area contributed by atoms with E-state index in [4.69, 9.17) is 5.11 Å². The molecule has 0 amide bonds. The third-order valence-corrected chi connectivity index (χ3v) is 1.57. The molecule has 0 aliphatic carbocycles. The molecule has 1 heterocycles. The molecule has 0 bridgehead atoms. The van der Waals surface area contributed by atoms with E-state index in [0.717, 1.165) is 19.4 Å². The fourth-order valence-corrected chi connectivity index (χ4v) is 1.07. The van der Waals surface area contributed by atoms with Crippen LogP contribution in [0.4, 0.5) is 0 Å². The normalized spacial score (nSPS) is 25.8. The first-order chi connectivity index (χ1) is 4.79. The summed E-state index contributed by atoms with van der Waals surface area (Å²) < 4.78 is 0. The van der Waals surface area contributed by atoms with Crippen LogP contribution < -0.4 is 5.32 Å². The molecule has 1 fully saturated rings. The van der Waals surface area contributed by atoms with E-state index < -0.39 is 5.97 Å². The maximum absolute atomic E-state index is 10.0. The van der Waals surface area contributed by atoms with Crippen molar-refractivity contribution in [1.82, 2.24) is 5.32 Å². The van der Waals surface area contributed by atoms with Crippen molar-refractivity contribution in [2.24, 2.45) is 0 Å². The lowest BCUT2D eigenvalue weighted by Gasteiger charge is -1.99. The Balaban J connectivity index is 2.29. The van der Waals surface area contributed by atoms with Crippen LogP contribution in [0.1, 0.15) is 12.8 Å². The molecule has 0 unspecified atom stereocenters. The lowest BCUT2D eigenvalue weighted by Crippen LogP contribution is -2.18. The maximum Gasteiger partial charge on any atom is 0.328 e. The van der Waals surface area contributed by atoms with Crippen molar-refractivity contribution < 1.29 is 9.90 Å². The number of aliphatic carboxylic acids is 1. The van der Waals surface area contributed by atoms with Crippen LogP contribution in [0, 0.1) is 0 Å². The van der Waals surface area contributed by atoms with Gasteiger partial charge in [-0.05, 0) is 19.4 Å². The van der Waals surface area contributed by atoms with Gasteiger partial charge < -0.3 is 10.4 Å². The van der Waals surface area contributed by atoms with E-state index >= 15 is 0 Å². The van der Waals surface area contributed by atoms with Gasteiger partial charge in [0.15, 0.2) is 0 Å². The molecule has 10 heavy (non-hydrogen) atoms. The first kappa shape index (κ1) is 7.28. The Labute approximate surface area is 59.7 Å². The summed E-state index contributed by atoms with van der Waals surface area (Å²) in [7, 11) is 0. The molecule has 0 aromatic rings. The van der Waals surface area contributed by atoms with Gasteiger partial charge in [0.05, 0.1) is 0 Å². The molecule has 1 atom stereocenters. The molecule has 0 aromatic heterocycles. The summed E-state index contributed by atoms with van der Waals surface area (Å²) >= 11 is 0. The summed E-state index contributed by atoms with van der Waals surface area (Å²) in [6.45, 7) is 1.01. The highest BCUT2D eigenvalue weighted by Crippen LogP contribution is 2.05. The monoisotopic (exact) mass is 141 g/mol. The van der Waals surface area contributed by atoms with Crippen molar-refractivity contribution in [2.45, 2.75) is 18.9 Å². The second kappa shape index (κ2) is 3.37. The zero-order chi connectivity index (χ0) is 7.40. The molecule has 2 N–H and O–H groups in total. The van der Waals surface area contributed by atoms with Crippen LogP contribution in [0.5, 0.6) is 0 Å². The van der Waals surface area contributed by atoms with Crippen LogP contribution in [0.2, 0.25) is 0 Å². The second-order valence-corrected chi connectivity index (χ2v) is 2.40. The van der Waals surface area contributed by atoms with E-state index in [1.807, 2.05) is 0 Å². The molecule has 3 heteroatoms. The van der Waals surface area contributed by atoms with E-state index in [-0.39, 0.29) is 6.04 Å². The smallest absolute Gasteiger partial charge is 0.328 e. The highest BCUT2D eigenvalue weighted by Gasteiger charge is 2.09. The summed E-state index contributed by atoms with van der Waals surface area (Å²) in [5.41, 5.74) is 0. The molecule has 1 aliphatic heterocycles. The number of hydrogen-bond donors (Lipinski definition) is 2. The molecule has 3 nitrogen and oxygen atoms in total. The summed E-state index contributed by atoms with van der Waals surface area (Å²) in [5.74, 6) is -0.867. The molecule has 56 valence electrons. The van der Waals surface area contributed by atoms with Gasteiger partial charge in [0.2, 0.25) is 0 Å². The Morgan fingerprint density at radius 3 is 3.00 bits per heavy atom. The molecular weight excluding hydrogens is 130 g/mol. The second-order valence-electron chi connectivity index (χ2n) is 2.40. The predicted octanol–water partition coefficient (Wildman–Crippen LogP) is 0.379. The molecular formula is C7H11NO2. The number of carboxylic acid groups (broad SMARTS) is 1. The van der Waals surface area contributed by atoms with Crippen molar-refractivity contribution >= 4 is 5.97 Å². The van der Waals surface area contributed by atoms with Gasteiger partial charge in [-0.25, -0.2) is 4.79 Å².